The zero-order valence-electron chi connectivity index (χ0n) is 34.8. The fourth-order valence-electron chi connectivity index (χ4n) is 10.1. The van der Waals surface area contributed by atoms with Gasteiger partial charge in [0.1, 0.15) is 0 Å². The van der Waals surface area contributed by atoms with Gasteiger partial charge in [0, 0.05) is 54.2 Å². The van der Waals surface area contributed by atoms with Crippen LogP contribution in [-0.2, 0) is 5.41 Å². The van der Waals surface area contributed by atoms with E-state index < -0.39 is 0 Å². The lowest BCUT2D eigenvalue weighted by molar-refractivity contribution is 0.590. The Hall–Kier alpha value is -6.88. The number of hydrogen-bond acceptors (Lipinski definition) is 3. The maximum atomic E-state index is 2.66. The number of aryl methyl sites for hydroxylation is 1. The molecular weight excluding hydrogens is 756 g/mol. The Bertz CT molecular complexity index is 3360. The van der Waals surface area contributed by atoms with Gasteiger partial charge < -0.3 is 9.71 Å². The molecule has 3 heterocycles. The average molecular weight is 799 g/mol. The van der Waals surface area contributed by atoms with Gasteiger partial charge in [-0.1, -0.05) is 154 Å². The summed E-state index contributed by atoms with van der Waals surface area (Å²) in [5, 5.41) is 5.14. The molecule has 4 heteroatoms. The summed E-state index contributed by atoms with van der Waals surface area (Å²) in [5.41, 5.74) is 18.8. The molecule has 61 heavy (non-hydrogen) atoms. The van der Waals surface area contributed by atoms with E-state index in [2.05, 4.69) is 225 Å². The average Bonchev–Trinajstić information content (AvgIpc) is 3.66. The maximum Gasteiger partial charge on any atom is 0.333 e. The van der Waals surface area contributed by atoms with Gasteiger partial charge in [0.25, 0.3) is 0 Å². The van der Waals surface area contributed by atoms with Crippen molar-refractivity contribution >= 4 is 88.5 Å². The van der Waals surface area contributed by atoms with Crippen LogP contribution >= 0.6 is 11.3 Å². The predicted molar refractivity (Wildman–Crippen MR) is 265 cm³/mol. The van der Waals surface area contributed by atoms with Crippen LogP contribution in [0.1, 0.15) is 31.9 Å². The van der Waals surface area contributed by atoms with Crippen LogP contribution in [0.2, 0.25) is 0 Å². The van der Waals surface area contributed by atoms with Crippen LogP contribution in [0.25, 0.3) is 64.3 Å². The monoisotopic (exact) mass is 798 g/mol. The summed E-state index contributed by atoms with van der Waals surface area (Å²) < 4.78 is 2.61. The molecule has 0 spiro atoms. The first kappa shape index (κ1) is 36.0. The smallest absolute Gasteiger partial charge is 0.333 e. The van der Waals surface area contributed by atoms with E-state index in [-0.39, 0.29) is 12.3 Å². The second kappa shape index (κ2) is 13.6. The standard InChI is InChI=1S/C57H43BN2S/c1-36-31-40(37-15-7-5-8-16-37)24-29-49(36)59-51-35-54-46(45-21-13-14-22-53(45)61-54)34-48(51)58-56-47(32-41(33-52(56)59)38-17-9-6-10-18-38)55-44-20-12-11-19-39(44)23-30-50(55)60(58)43-27-25-42(26-28-43)57(2,3)4/h5-35H,1-4H3. The molecule has 0 bridgehead atoms. The number of nitrogens with zero attached hydrogens (tertiary/aromatic N) is 2. The zero-order chi connectivity index (χ0) is 41.0. The van der Waals surface area contributed by atoms with Gasteiger partial charge in [-0.3, -0.25) is 0 Å². The van der Waals surface area contributed by atoms with E-state index in [1.807, 2.05) is 11.3 Å². The molecule has 0 radical (unpaired) electrons. The summed E-state index contributed by atoms with van der Waals surface area (Å²) in [6, 6.07) is 70.7. The topological polar surface area (TPSA) is 6.48 Å². The van der Waals surface area contributed by atoms with E-state index >= 15 is 0 Å². The highest BCUT2D eigenvalue weighted by atomic mass is 32.1. The summed E-state index contributed by atoms with van der Waals surface area (Å²) in [6.07, 6.45) is 0. The van der Waals surface area contributed by atoms with Crippen molar-refractivity contribution in [2.24, 2.45) is 0 Å². The van der Waals surface area contributed by atoms with Gasteiger partial charge in [-0.05, 0) is 128 Å². The van der Waals surface area contributed by atoms with Gasteiger partial charge in [0.2, 0.25) is 0 Å². The summed E-state index contributed by atoms with van der Waals surface area (Å²) in [4.78, 5) is 5.26. The Morgan fingerprint density at radius 1 is 0.475 bits per heavy atom. The van der Waals surface area contributed by atoms with Gasteiger partial charge in [-0.25, -0.2) is 0 Å². The van der Waals surface area contributed by atoms with Crippen LogP contribution in [0.5, 0.6) is 0 Å². The highest BCUT2D eigenvalue weighted by Crippen LogP contribution is 2.51. The number of thiophene rings is 1. The number of benzene rings is 9. The SMILES string of the molecule is Cc1cc(-c2ccccc2)ccc1N1c2cc3sc4ccccc4c3cc2B2c3c(cc(-c4ccccc4)cc31)-c1c(ccc3ccccc13)N2c1ccc(C(C)(C)C)cc1. The van der Waals surface area contributed by atoms with Crippen molar-refractivity contribution in [2.75, 3.05) is 9.71 Å². The van der Waals surface area contributed by atoms with Crippen molar-refractivity contribution in [1.82, 2.24) is 0 Å². The predicted octanol–water partition coefficient (Wildman–Crippen LogP) is 14.9. The van der Waals surface area contributed by atoms with E-state index in [0.717, 1.165) is 0 Å². The van der Waals surface area contributed by atoms with Gasteiger partial charge in [-0.2, -0.15) is 0 Å². The van der Waals surface area contributed by atoms with Crippen molar-refractivity contribution in [3.05, 3.63) is 199 Å². The molecule has 10 aromatic rings. The lowest BCUT2D eigenvalue weighted by atomic mass is 9.43. The molecule has 2 nitrogen and oxygen atoms in total. The third-order valence-corrected chi connectivity index (χ3v) is 14.2. The van der Waals surface area contributed by atoms with E-state index in [0.29, 0.717) is 0 Å². The summed E-state index contributed by atoms with van der Waals surface area (Å²) in [6.45, 7) is 9.09. The van der Waals surface area contributed by atoms with E-state index in [1.165, 1.54) is 115 Å². The lowest BCUT2D eigenvalue weighted by Crippen LogP contribution is -2.61. The summed E-state index contributed by atoms with van der Waals surface area (Å²) in [5.74, 6) is 0. The maximum absolute atomic E-state index is 2.66. The van der Waals surface area contributed by atoms with Crippen molar-refractivity contribution in [3.8, 4) is 33.4 Å². The Labute approximate surface area is 362 Å². The molecule has 2 aliphatic rings. The Balaban J connectivity index is 1.22. The molecule has 0 amide bonds. The summed E-state index contributed by atoms with van der Waals surface area (Å²) >= 11 is 1.89. The molecule has 0 N–H and O–H groups in total. The van der Waals surface area contributed by atoms with Crippen LogP contribution < -0.4 is 20.6 Å². The highest BCUT2D eigenvalue weighted by Gasteiger charge is 2.46. The first-order chi connectivity index (χ1) is 29.8. The van der Waals surface area contributed by atoms with Crippen molar-refractivity contribution in [1.29, 1.82) is 0 Å². The second-order valence-corrected chi connectivity index (χ2v) is 18.9. The fourth-order valence-corrected chi connectivity index (χ4v) is 11.2. The first-order valence-electron chi connectivity index (χ1n) is 21.4. The molecule has 290 valence electrons. The molecule has 2 aliphatic heterocycles. The normalized spacial score (nSPS) is 13.1. The molecule has 0 fully saturated rings. The zero-order valence-corrected chi connectivity index (χ0v) is 35.6. The highest BCUT2D eigenvalue weighted by molar-refractivity contribution is 7.26. The van der Waals surface area contributed by atoms with Crippen LogP contribution in [0.3, 0.4) is 0 Å². The Kier molecular flexibility index (Phi) is 8.01. The molecule has 0 unspecified atom stereocenters. The third kappa shape index (κ3) is 5.62. The number of anilines is 5. The van der Waals surface area contributed by atoms with Crippen LogP contribution in [0.15, 0.2) is 188 Å². The van der Waals surface area contributed by atoms with Gasteiger partial charge in [0.05, 0.1) is 0 Å². The van der Waals surface area contributed by atoms with E-state index in [9.17, 15) is 0 Å². The quantitative estimate of drug-likeness (QED) is 0.164. The molecule has 0 atom stereocenters. The van der Waals surface area contributed by atoms with Gasteiger partial charge in [-0.15, -0.1) is 11.3 Å². The third-order valence-electron chi connectivity index (χ3n) is 13.1. The molecular formula is C57H43BN2S. The molecule has 0 saturated carbocycles. The molecule has 0 saturated heterocycles. The largest absolute Gasteiger partial charge is 0.376 e. The number of rotatable bonds is 4. The number of hydrogen-bond donors (Lipinski definition) is 0. The van der Waals surface area contributed by atoms with E-state index in [4.69, 9.17) is 0 Å². The minimum absolute atomic E-state index is 0.0413. The van der Waals surface area contributed by atoms with Crippen LogP contribution in [0, 0.1) is 6.92 Å². The Morgan fingerprint density at radius 3 is 1.89 bits per heavy atom. The number of fused-ring (bicyclic) bond motifs is 9. The minimum atomic E-state index is -0.0952. The lowest BCUT2D eigenvalue weighted by Gasteiger charge is -2.46. The first-order valence-corrected chi connectivity index (χ1v) is 22.2. The summed E-state index contributed by atoms with van der Waals surface area (Å²) in [7, 11) is 0. The van der Waals surface area contributed by atoms with Gasteiger partial charge in [0.15, 0.2) is 0 Å². The molecule has 0 aliphatic carbocycles. The van der Waals surface area contributed by atoms with Crippen molar-refractivity contribution in [2.45, 2.75) is 33.1 Å². The van der Waals surface area contributed by atoms with Crippen LogP contribution in [0.4, 0.5) is 28.4 Å². The van der Waals surface area contributed by atoms with Crippen molar-refractivity contribution < 1.29 is 0 Å². The van der Waals surface area contributed by atoms with E-state index in [1.54, 1.807) is 0 Å². The molecule has 9 aromatic carbocycles. The Morgan fingerprint density at radius 2 is 1.15 bits per heavy atom. The van der Waals surface area contributed by atoms with Crippen LogP contribution in [-0.4, -0.2) is 6.85 Å². The minimum Gasteiger partial charge on any atom is -0.376 e. The second-order valence-electron chi connectivity index (χ2n) is 17.8. The van der Waals surface area contributed by atoms with Gasteiger partial charge >= 0.3 is 6.85 Å². The molecule has 12 rings (SSSR count). The molecule has 1 aromatic heterocycles. The van der Waals surface area contributed by atoms with Crippen molar-refractivity contribution in [3.63, 3.8) is 0 Å². The fraction of sp³-hybridized carbons (Fsp3) is 0.0877.